The summed E-state index contributed by atoms with van der Waals surface area (Å²) in [7, 11) is -4.32. The van der Waals surface area contributed by atoms with Crippen molar-refractivity contribution >= 4 is 10.2 Å². The number of fused-ring (bicyclic) bond motifs is 3. The van der Waals surface area contributed by atoms with Gasteiger partial charge in [-0.15, -0.1) is 3.89 Å². The average molecular weight is 220 g/mol. The van der Waals surface area contributed by atoms with Crippen LogP contribution in [0.25, 0.3) is 0 Å². The molecule has 82 valence electrons. The van der Waals surface area contributed by atoms with E-state index in [1.165, 1.54) is 19.8 Å². The van der Waals surface area contributed by atoms with Crippen LogP contribution < -0.4 is 0 Å². The van der Waals surface area contributed by atoms with Crippen LogP contribution in [-0.4, -0.2) is 13.7 Å². The minimum atomic E-state index is -4.32. The van der Waals surface area contributed by atoms with Crippen molar-refractivity contribution in [3.8, 4) is 0 Å². The maximum atomic E-state index is 12.9. The van der Waals surface area contributed by atoms with Crippen LogP contribution in [0.2, 0.25) is 0 Å². The van der Waals surface area contributed by atoms with Crippen LogP contribution in [0, 0.1) is 17.8 Å². The molecule has 0 N–H and O–H groups in total. The van der Waals surface area contributed by atoms with Crippen molar-refractivity contribution in [3.63, 3.8) is 0 Å². The summed E-state index contributed by atoms with van der Waals surface area (Å²) in [6.45, 7) is 1.53. The number of hydrogen-bond acceptors (Lipinski definition) is 2. The monoisotopic (exact) mass is 220 g/mol. The Morgan fingerprint density at radius 1 is 1.21 bits per heavy atom. The SMILES string of the molecule is CC(C1CC2CCC1CC2)S(=O)(=O)F. The first-order valence-electron chi connectivity index (χ1n) is 5.42. The highest BCUT2D eigenvalue weighted by molar-refractivity contribution is 7.87. The Kier molecular flexibility index (Phi) is 2.58. The maximum absolute atomic E-state index is 12.9. The summed E-state index contributed by atoms with van der Waals surface area (Å²) >= 11 is 0. The lowest BCUT2D eigenvalue weighted by Crippen LogP contribution is -2.39. The van der Waals surface area contributed by atoms with Crippen LogP contribution in [0.3, 0.4) is 0 Å². The molecule has 2 nitrogen and oxygen atoms in total. The highest BCUT2D eigenvalue weighted by atomic mass is 32.3. The summed E-state index contributed by atoms with van der Waals surface area (Å²) in [5, 5.41) is -0.782. The molecular weight excluding hydrogens is 203 g/mol. The van der Waals surface area contributed by atoms with E-state index >= 15 is 0 Å². The summed E-state index contributed by atoms with van der Waals surface area (Å²) in [6, 6.07) is 0. The van der Waals surface area contributed by atoms with Crippen LogP contribution in [0.5, 0.6) is 0 Å². The molecule has 14 heavy (non-hydrogen) atoms. The van der Waals surface area contributed by atoms with Gasteiger partial charge in [-0.1, -0.05) is 12.8 Å². The predicted molar refractivity (Wildman–Crippen MR) is 53.0 cm³/mol. The van der Waals surface area contributed by atoms with E-state index in [2.05, 4.69) is 0 Å². The van der Waals surface area contributed by atoms with Gasteiger partial charge in [0.25, 0.3) is 0 Å². The molecule has 2 unspecified atom stereocenters. The van der Waals surface area contributed by atoms with Crippen molar-refractivity contribution in [1.82, 2.24) is 0 Å². The van der Waals surface area contributed by atoms with Crippen molar-refractivity contribution in [2.75, 3.05) is 0 Å². The van der Waals surface area contributed by atoms with Gasteiger partial charge >= 0.3 is 10.2 Å². The van der Waals surface area contributed by atoms with E-state index in [1.54, 1.807) is 0 Å². The van der Waals surface area contributed by atoms with E-state index in [0.29, 0.717) is 11.8 Å². The molecule has 2 atom stereocenters. The third kappa shape index (κ3) is 1.81. The molecule has 0 aliphatic heterocycles. The zero-order valence-electron chi connectivity index (χ0n) is 8.45. The highest BCUT2D eigenvalue weighted by Gasteiger charge is 2.42. The molecule has 3 saturated carbocycles. The molecule has 0 aromatic carbocycles. The first kappa shape index (κ1) is 10.4. The number of rotatable bonds is 2. The molecular formula is C10H17FO2S. The molecule has 3 aliphatic carbocycles. The first-order valence-corrected chi connectivity index (χ1v) is 6.86. The van der Waals surface area contributed by atoms with Gasteiger partial charge in [-0.05, 0) is 43.9 Å². The van der Waals surface area contributed by atoms with Crippen LogP contribution in [0.15, 0.2) is 0 Å². The number of hydrogen-bond donors (Lipinski definition) is 0. The summed E-state index contributed by atoms with van der Waals surface area (Å²) in [4.78, 5) is 0. The van der Waals surface area contributed by atoms with E-state index in [1.807, 2.05) is 0 Å². The topological polar surface area (TPSA) is 34.1 Å². The lowest BCUT2D eigenvalue weighted by Gasteiger charge is -2.43. The molecule has 0 radical (unpaired) electrons. The Labute approximate surface area is 85.1 Å². The van der Waals surface area contributed by atoms with Gasteiger partial charge in [-0.3, -0.25) is 0 Å². The fourth-order valence-corrected chi connectivity index (χ4v) is 3.96. The molecule has 3 fully saturated rings. The molecule has 4 heteroatoms. The first-order chi connectivity index (χ1) is 6.48. The van der Waals surface area contributed by atoms with E-state index in [9.17, 15) is 12.3 Å². The van der Waals surface area contributed by atoms with Crippen molar-refractivity contribution < 1.29 is 12.3 Å². The molecule has 3 rings (SSSR count). The van der Waals surface area contributed by atoms with Crippen LogP contribution in [0.4, 0.5) is 3.89 Å². The quantitative estimate of drug-likeness (QED) is 0.670. The third-order valence-corrected chi connectivity index (χ3v) is 5.39. The summed E-state index contributed by atoms with van der Waals surface area (Å²) < 4.78 is 34.5. The van der Waals surface area contributed by atoms with Gasteiger partial charge in [-0.2, -0.15) is 8.42 Å². The Morgan fingerprint density at radius 2 is 1.79 bits per heavy atom. The molecule has 2 bridgehead atoms. The Bertz CT molecular complexity index is 304. The van der Waals surface area contributed by atoms with Crippen LogP contribution in [0.1, 0.15) is 39.0 Å². The summed E-state index contributed by atoms with van der Waals surface area (Å²) in [5.74, 6) is 1.20. The highest BCUT2D eigenvalue weighted by Crippen LogP contribution is 2.47. The lowest BCUT2D eigenvalue weighted by molar-refractivity contribution is 0.0973. The van der Waals surface area contributed by atoms with Gasteiger partial charge in [0.1, 0.15) is 0 Å². The lowest BCUT2D eigenvalue weighted by atomic mass is 9.64. The molecule has 3 aliphatic rings. The van der Waals surface area contributed by atoms with Crippen molar-refractivity contribution in [1.29, 1.82) is 0 Å². The summed E-state index contributed by atoms with van der Waals surface area (Å²) in [5.41, 5.74) is 0. The van der Waals surface area contributed by atoms with Gasteiger partial charge in [-0.25, -0.2) is 0 Å². The van der Waals surface area contributed by atoms with Gasteiger partial charge < -0.3 is 0 Å². The summed E-state index contributed by atoms with van der Waals surface area (Å²) in [6.07, 6.45) is 5.58. The Hall–Kier alpha value is -0.120. The van der Waals surface area contributed by atoms with Gasteiger partial charge in [0, 0.05) is 0 Å². The smallest absolute Gasteiger partial charge is 0.195 e. The normalized spacial score (nSPS) is 39.7. The second-order valence-electron chi connectivity index (χ2n) is 4.86. The minimum Gasteiger partial charge on any atom is -0.195 e. The Balaban J connectivity index is 2.12. The number of halogens is 1. The van der Waals surface area contributed by atoms with Gasteiger partial charge in [0.15, 0.2) is 0 Å². The Morgan fingerprint density at radius 3 is 2.14 bits per heavy atom. The second kappa shape index (κ2) is 3.47. The fraction of sp³-hybridized carbons (Fsp3) is 1.00. The van der Waals surface area contributed by atoms with Crippen molar-refractivity contribution in [2.45, 2.75) is 44.3 Å². The second-order valence-corrected chi connectivity index (χ2v) is 6.56. The maximum Gasteiger partial charge on any atom is 0.305 e. The van der Waals surface area contributed by atoms with E-state index in [-0.39, 0.29) is 5.92 Å². The predicted octanol–water partition coefficient (Wildman–Crippen LogP) is 2.50. The average Bonchev–Trinajstić information content (AvgIpc) is 2.17. The van der Waals surface area contributed by atoms with E-state index in [0.717, 1.165) is 19.3 Å². The van der Waals surface area contributed by atoms with Crippen LogP contribution in [-0.2, 0) is 10.2 Å². The largest absolute Gasteiger partial charge is 0.305 e. The van der Waals surface area contributed by atoms with Crippen molar-refractivity contribution in [3.05, 3.63) is 0 Å². The van der Waals surface area contributed by atoms with Crippen LogP contribution >= 0.6 is 0 Å². The molecule has 0 amide bonds. The van der Waals surface area contributed by atoms with E-state index in [4.69, 9.17) is 0 Å². The molecule has 0 aromatic rings. The zero-order chi connectivity index (χ0) is 10.3. The van der Waals surface area contributed by atoms with E-state index < -0.39 is 15.5 Å². The van der Waals surface area contributed by atoms with Gasteiger partial charge in [0.05, 0.1) is 5.25 Å². The standard InChI is InChI=1S/C10H17FO2S/c1-7(14(11,12)13)10-6-8-2-4-9(10)5-3-8/h7-10H,2-6H2,1H3. The minimum absolute atomic E-state index is 0.0810. The molecule has 0 heterocycles. The fourth-order valence-electron chi connectivity index (χ4n) is 3.21. The third-order valence-electron chi connectivity index (χ3n) is 4.15. The molecule has 0 spiro atoms. The van der Waals surface area contributed by atoms with Gasteiger partial charge in [0.2, 0.25) is 0 Å². The molecule has 0 aromatic heterocycles. The zero-order valence-corrected chi connectivity index (χ0v) is 9.26. The molecule has 0 saturated heterocycles. The van der Waals surface area contributed by atoms with Crippen molar-refractivity contribution in [2.24, 2.45) is 17.8 Å².